The fourth-order valence-electron chi connectivity index (χ4n) is 2.69. The van der Waals surface area contributed by atoms with Crippen molar-refractivity contribution < 1.29 is 0 Å². The van der Waals surface area contributed by atoms with Crippen LogP contribution >= 0.6 is 11.3 Å². The summed E-state index contributed by atoms with van der Waals surface area (Å²) >= 11 is 1.72. The van der Waals surface area contributed by atoms with E-state index in [9.17, 15) is 0 Å². The molecule has 90 valence electrons. The Morgan fingerprint density at radius 2 is 2.47 bits per heavy atom. The topological polar surface area (TPSA) is 43.8 Å². The number of nitrogens with zero attached hydrogens (tertiary/aromatic N) is 2. The molecule has 1 atom stereocenters. The molecule has 17 heavy (non-hydrogen) atoms. The highest BCUT2D eigenvalue weighted by Gasteiger charge is 2.22. The maximum absolute atomic E-state index is 6.18. The van der Waals surface area contributed by atoms with Crippen molar-refractivity contribution in [1.29, 1.82) is 0 Å². The Bertz CT molecular complexity index is 513. The summed E-state index contributed by atoms with van der Waals surface area (Å²) in [6, 6.07) is 2.49. The molecule has 0 saturated carbocycles. The van der Waals surface area contributed by atoms with Crippen molar-refractivity contribution in [3.05, 3.63) is 39.6 Å². The van der Waals surface area contributed by atoms with Crippen molar-refractivity contribution in [3.8, 4) is 0 Å². The second kappa shape index (κ2) is 4.27. The number of aryl methyl sites for hydroxylation is 1. The van der Waals surface area contributed by atoms with Crippen molar-refractivity contribution in [3.63, 3.8) is 0 Å². The molecule has 1 unspecified atom stereocenters. The van der Waals surface area contributed by atoms with Crippen molar-refractivity contribution in [2.75, 3.05) is 0 Å². The quantitative estimate of drug-likeness (QED) is 0.886. The zero-order valence-corrected chi connectivity index (χ0v) is 10.8. The van der Waals surface area contributed by atoms with Gasteiger partial charge in [0.2, 0.25) is 0 Å². The average molecular weight is 247 g/mol. The summed E-state index contributed by atoms with van der Waals surface area (Å²) in [7, 11) is 0. The molecule has 0 amide bonds. The predicted octanol–water partition coefficient (Wildman–Crippen LogP) is 2.64. The molecule has 2 heterocycles. The van der Waals surface area contributed by atoms with Gasteiger partial charge in [0.15, 0.2) is 0 Å². The summed E-state index contributed by atoms with van der Waals surface area (Å²) in [6.07, 6.45) is 5.35. The average Bonchev–Trinajstić information content (AvgIpc) is 2.91. The van der Waals surface area contributed by atoms with Crippen LogP contribution in [0.4, 0.5) is 0 Å². The Morgan fingerprint density at radius 1 is 1.59 bits per heavy atom. The summed E-state index contributed by atoms with van der Waals surface area (Å²) in [5.74, 6) is 0. The number of rotatable bonds is 2. The van der Waals surface area contributed by atoms with E-state index in [0.717, 1.165) is 19.4 Å². The SMILES string of the molecule is Cc1cc2c(n1Cc1nccs1)CCCC2N. The Kier molecular flexibility index (Phi) is 2.76. The van der Waals surface area contributed by atoms with Crippen LogP contribution in [0.15, 0.2) is 17.6 Å². The Balaban J connectivity index is 1.99. The van der Waals surface area contributed by atoms with Gasteiger partial charge in [-0.1, -0.05) is 0 Å². The van der Waals surface area contributed by atoms with Crippen molar-refractivity contribution in [2.24, 2.45) is 5.73 Å². The van der Waals surface area contributed by atoms with Gasteiger partial charge < -0.3 is 10.3 Å². The van der Waals surface area contributed by atoms with Crippen LogP contribution in [-0.2, 0) is 13.0 Å². The van der Waals surface area contributed by atoms with E-state index >= 15 is 0 Å². The molecule has 0 fully saturated rings. The minimum Gasteiger partial charge on any atom is -0.342 e. The number of aromatic nitrogens is 2. The lowest BCUT2D eigenvalue weighted by Gasteiger charge is -2.20. The van der Waals surface area contributed by atoms with Crippen LogP contribution in [0.3, 0.4) is 0 Å². The largest absolute Gasteiger partial charge is 0.342 e. The zero-order chi connectivity index (χ0) is 11.8. The molecule has 4 heteroatoms. The third kappa shape index (κ3) is 1.91. The molecule has 0 bridgehead atoms. The van der Waals surface area contributed by atoms with E-state index in [1.54, 1.807) is 11.3 Å². The first kappa shape index (κ1) is 11.0. The Labute approximate surface area is 105 Å². The molecule has 2 aromatic heterocycles. The van der Waals surface area contributed by atoms with E-state index in [0.29, 0.717) is 0 Å². The van der Waals surface area contributed by atoms with Gasteiger partial charge in [0.05, 0.1) is 6.54 Å². The number of thiazole rings is 1. The number of nitrogens with two attached hydrogens (primary N) is 1. The van der Waals surface area contributed by atoms with Gasteiger partial charge >= 0.3 is 0 Å². The number of hydrogen-bond acceptors (Lipinski definition) is 3. The standard InChI is InChI=1S/C13H17N3S/c1-9-7-10-11(14)3-2-4-12(10)16(9)8-13-15-5-6-17-13/h5-7,11H,2-4,8,14H2,1H3. The normalized spacial score (nSPS) is 19.3. The van der Waals surface area contributed by atoms with Crippen LogP contribution in [0, 0.1) is 6.92 Å². The van der Waals surface area contributed by atoms with Crippen LogP contribution in [0.2, 0.25) is 0 Å². The first-order chi connectivity index (χ1) is 8.25. The molecule has 3 rings (SSSR count). The van der Waals surface area contributed by atoms with Crippen LogP contribution in [0.5, 0.6) is 0 Å². The van der Waals surface area contributed by atoms with Gasteiger partial charge in [-0.15, -0.1) is 11.3 Å². The summed E-state index contributed by atoms with van der Waals surface area (Å²) < 4.78 is 2.38. The van der Waals surface area contributed by atoms with E-state index in [2.05, 4.69) is 22.5 Å². The van der Waals surface area contributed by atoms with E-state index in [1.807, 2.05) is 11.6 Å². The van der Waals surface area contributed by atoms with Crippen molar-refractivity contribution >= 4 is 11.3 Å². The fourth-order valence-corrected chi connectivity index (χ4v) is 3.29. The van der Waals surface area contributed by atoms with Crippen LogP contribution in [0.25, 0.3) is 0 Å². The molecule has 0 saturated heterocycles. The van der Waals surface area contributed by atoms with Gasteiger partial charge in [-0.05, 0) is 37.8 Å². The van der Waals surface area contributed by atoms with E-state index in [4.69, 9.17) is 5.73 Å². The molecule has 0 radical (unpaired) electrons. The molecule has 2 N–H and O–H groups in total. The van der Waals surface area contributed by atoms with Crippen LogP contribution < -0.4 is 5.73 Å². The molecule has 3 nitrogen and oxygen atoms in total. The highest BCUT2D eigenvalue weighted by molar-refractivity contribution is 7.09. The lowest BCUT2D eigenvalue weighted by Crippen LogP contribution is -2.18. The monoisotopic (exact) mass is 247 g/mol. The summed E-state index contributed by atoms with van der Waals surface area (Å²) in [4.78, 5) is 4.37. The number of hydrogen-bond donors (Lipinski definition) is 1. The summed E-state index contributed by atoms with van der Waals surface area (Å²) in [6.45, 7) is 3.06. The Hall–Kier alpha value is -1.13. The summed E-state index contributed by atoms with van der Waals surface area (Å²) in [5, 5.41) is 3.21. The van der Waals surface area contributed by atoms with Gasteiger partial charge in [-0.2, -0.15) is 0 Å². The Morgan fingerprint density at radius 3 is 3.24 bits per heavy atom. The minimum atomic E-state index is 0.231. The molecule has 0 spiro atoms. The minimum absolute atomic E-state index is 0.231. The van der Waals surface area contributed by atoms with Gasteiger partial charge in [0.1, 0.15) is 5.01 Å². The lowest BCUT2D eigenvalue weighted by molar-refractivity contribution is 0.546. The maximum atomic E-state index is 6.18. The smallest absolute Gasteiger partial charge is 0.112 e. The third-order valence-corrected chi connectivity index (χ3v) is 4.32. The molecule has 1 aliphatic rings. The highest BCUT2D eigenvalue weighted by Crippen LogP contribution is 2.31. The van der Waals surface area contributed by atoms with Crippen molar-refractivity contribution in [1.82, 2.24) is 9.55 Å². The molecule has 2 aromatic rings. The van der Waals surface area contributed by atoms with E-state index in [-0.39, 0.29) is 6.04 Å². The van der Waals surface area contributed by atoms with E-state index < -0.39 is 0 Å². The molecular weight excluding hydrogens is 230 g/mol. The lowest BCUT2D eigenvalue weighted by atomic mass is 9.93. The molecule has 0 aromatic carbocycles. The predicted molar refractivity (Wildman–Crippen MR) is 70.3 cm³/mol. The molecule has 0 aliphatic heterocycles. The van der Waals surface area contributed by atoms with Gasteiger partial charge in [0.25, 0.3) is 0 Å². The number of fused-ring (bicyclic) bond motifs is 1. The van der Waals surface area contributed by atoms with Gasteiger partial charge in [-0.25, -0.2) is 4.98 Å². The second-order valence-corrected chi connectivity index (χ2v) is 5.68. The van der Waals surface area contributed by atoms with Crippen LogP contribution in [-0.4, -0.2) is 9.55 Å². The second-order valence-electron chi connectivity index (χ2n) is 4.70. The highest BCUT2D eigenvalue weighted by atomic mass is 32.1. The van der Waals surface area contributed by atoms with E-state index in [1.165, 1.54) is 28.4 Å². The van der Waals surface area contributed by atoms with Gasteiger partial charge in [0, 0.05) is 29.0 Å². The molecular formula is C13H17N3S. The van der Waals surface area contributed by atoms with Gasteiger partial charge in [-0.3, -0.25) is 0 Å². The first-order valence-corrected chi connectivity index (χ1v) is 6.96. The maximum Gasteiger partial charge on any atom is 0.112 e. The molecule has 1 aliphatic carbocycles. The van der Waals surface area contributed by atoms with Crippen LogP contribution in [0.1, 0.15) is 40.8 Å². The fraction of sp³-hybridized carbons (Fsp3) is 0.462. The zero-order valence-electron chi connectivity index (χ0n) is 10.0. The summed E-state index contributed by atoms with van der Waals surface area (Å²) in [5.41, 5.74) is 10.3. The first-order valence-electron chi connectivity index (χ1n) is 6.08. The van der Waals surface area contributed by atoms with Crippen molar-refractivity contribution in [2.45, 2.75) is 38.8 Å². The third-order valence-electron chi connectivity index (χ3n) is 3.55.